The third-order valence-corrected chi connectivity index (χ3v) is 5.54. The zero-order valence-electron chi connectivity index (χ0n) is 19.1. The molecule has 8 nitrogen and oxygen atoms in total. The number of carbonyl (C=O) groups excluding carboxylic acids is 1. The number of ether oxygens (including phenoxy) is 1. The van der Waals surface area contributed by atoms with Gasteiger partial charge in [-0.25, -0.2) is 19.9 Å². The molecule has 1 amide bonds. The van der Waals surface area contributed by atoms with E-state index in [1.807, 2.05) is 0 Å². The second-order valence-corrected chi connectivity index (χ2v) is 8.19. The molecule has 3 aromatic rings. The molecule has 0 saturated carbocycles. The summed E-state index contributed by atoms with van der Waals surface area (Å²) < 4.78 is 72.0. The maximum Gasteiger partial charge on any atom is 0.417 e. The number of pyridine rings is 2. The Hall–Kier alpha value is -3.74. The topological polar surface area (TPSA) is 93.1 Å². The number of alkyl halides is 5. The lowest BCUT2D eigenvalue weighted by Crippen LogP contribution is -2.61. The Bertz CT molecular complexity index is 1220. The van der Waals surface area contributed by atoms with Gasteiger partial charge < -0.3 is 15.0 Å². The first-order valence-electron chi connectivity index (χ1n) is 10.8. The Morgan fingerprint density at radius 1 is 1.17 bits per heavy atom. The SMILES string of the molecule is Cc1ccc(-c2ncccn2)c(C(=O)N2CC(F)(F)O[C@@H](C)[C@H]2CNc2ccc(C(F)(F)F)cn2)n1. The monoisotopic (exact) mass is 508 g/mol. The summed E-state index contributed by atoms with van der Waals surface area (Å²) in [5.74, 6) is -0.514. The highest BCUT2D eigenvalue weighted by Gasteiger charge is 2.48. The van der Waals surface area contributed by atoms with Crippen molar-refractivity contribution in [3.8, 4) is 11.4 Å². The number of nitrogens with zero attached hydrogens (tertiary/aromatic N) is 5. The summed E-state index contributed by atoms with van der Waals surface area (Å²) in [4.78, 5) is 30.8. The molecule has 0 spiro atoms. The third-order valence-electron chi connectivity index (χ3n) is 5.54. The number of anilines is 1. The van der Waals surface area contributed by atoms with Crippen molar-refractivity contribution in [1.82, 2.24) is 24.8 Å². The number of hydrogen-bond acceptors (Lipinski definition) is 7. The average Bonchev–Trinajstić information content (AvgIpc) is 2.82. The van der Waals surface area contributed by atoms with Gasteiger partial charge in [-0.3, -0.25) is 4.79 Å². The van der Waals surface area contributed by atoms with Crippen LogP contribution in [0.3, 0.4) is 0 Å². The highest BCUT2D eigenvalue weighted by Crippen LogP contribution is 2.32. The number of morpholine rings is 1. The number of halogens is 5. The summed E-state index contributed by atoms with van der Waals surface area (Å²) in [5, 5.41) is 2.80. The third kappa shape index (κ3) is 5.56. The number of hydrogen-bond donors (Lipinski definition) is 1. The van der Waals surface area contributed by atoms with E-state index in [1.165, 1.54) is 19.3 Å². The Morgan fingerprint density at radius 3 is 2.53 bits per heavy atom. The summed E-state index contributed by atoms with van der Waals surface area (Å²) in [7, 11) is 0. The van der Waals surface area contributed by atoms with Crippen LogP contribution in [-0.4, -0.2) is 62.1 Å². The lowest BCUT2D eigenvalue weighted by Gasteiger charge is -2.43. The number of carbonyl (C=O) groups is 1. The van der Waals surface area contributed by atoms with E-state index in [2.05, 4.69) is 25.3 Å². The molecule has 0 aromatic carbocycles. The van der Waals surface area contributed by atoms with Gasteiger partial charge in [-0.05, 0) is 44.2 Å². The molecule has 0 radical (unpaired) electrons. The highest BCUT2D eigenvalue weighted by atomic mass is 19.4. The van der Waals surface area contributed by atoms with E-state index in [1.54, 1.807) is 25.1 Å². The van der Waals surface area contributed by atoms with Crippen molar-refractivity contribution in [3.05, 3.63) is 65.9 Å². The molecule has 0 aliphatic carbocycles. The highest BCUT2D eigenvalue weighted by molar-refractivity contribution is 5.98. The first-order chi connectivity index (χ1) is 16.9. The molecule has 36 heavy (non-hydrogen) atoms. The average molecular weight is 508 g/mol. The van der Waals surface area contributed by atoms with Gasteiger partial charge in [-0.1, -0.05) is 0 Å². The van der Waals surface area contributed by atoms with Crippen LogP contribution in [0, 0.1) is 6.92 Å². The van der Waals surface area contributed by atoms with Crippen LogP contribution in [0.15, 0.2) is 48.9 Å². The van der Waals surface area contributed by atoms with E-state index in [-0.39, 0.29) is 29.4 Å². The molecule has 3 aromatic heterocycles. The lowest BCUT2D eigenvalue weighted by molar-refractivity contribution is -0.298. The molecule has 1 aliphatic rings. The predicted octanol–water partition coefficient (Wildman–Crippen LogP) is 4.20. The number of amides is 1. The van der Waals surface area contributed by atoms with Gasteiger partial charge in [0.2, 0.25) is 0 Å². The van der Waals surface area contributed by atoms with Crippen LogP contribution in [0.2, 0.25) is 0 Å². The normalized spacial score (nSPS) is 19.7. The molecule has 2 atom stereocenters. The van der Waals surface area contributed by atoms with Crippen LogP contribution < -0.4 is 5.32 Å². The van der Waals surface area contributed by atoms with E-state index < -0.39 is 42.4 Å². The molecule has 0 bridgehead atoms. The van der Waals surface area contributed by atoms with Crippen LogP contribution in [0.5, 0.6) is 0 Å². The van der Waals surface area contributed by atoms with Gasteiger partial charge in [-0.2, -0.15) is 22.0 Å². The van der Waals surface area contributed by atoms with Gasteiger partial charge >= 0.3 is 12.3 Å². The number of nitrogens with one attached hydrogen (secondary N) is 1. The van der Waals surface area contributed by atoms with Crippen LogP contribution in [0.4, 0.5) is 27.8 Å². The second kappa shape index (κ2) is 9.72. The van der Waals surface area contributed by atoms with E-state index >= 15 is 0 Å². The lowest BCUT2D eigenvalue weighted by atomic mass is 10.0. The standard InChI is InChI=1S/C23H21F5N6O2/c1-13-4-6-16(20-29-8-3-9-30-20)19(33-13)21(35)34-12-22(24,25)36-14(2)17(34)11-32-18-7-5-15(10-31-18)23(26,27)28/h3-10,14,17H,11-12H2,1-2H3,(H,31,32)/t14-,17+/m0/s1. The fraction of sp³-hybridized carbons (Fsp3) is 0.348. The smallest absolute Gasteiger partial charge is 0.368 e. The first-order valence-corrected chi connectivity index (χ1v) is 10.8. The molecule has 1 N–H and O–H groups in total. The summed E-state index contributed by atoms with van der Waals surface area (Å²) in [6, 6.07) is 5.86. The zero-order valence-corrected chi connectivity index (χ0v) is 19.1. The van der Waals surface area contributed by atoms with E-state index in [4.69, 9.17) is 4.74 Å². The number of aryl methyl sites for hydroxylation is 1. The van der Waals surface area contributed by atoms with Crippen molar-refractivity contribution in [2.24, 2.45) is 0 Å². The summed E-state index contributed by atoms with van der Waals surface area (Å²) in [6.45, 7) is 1.86. The molecule has 13 heteroatoms. The van der Waals surface area contributed by atoms with Crippen LogP contribution in [-0.2, 0) is 10.9 Å². The summed E-state index contributed by atoms with van der Waals surface area (Å²) in [6.07, 6.45) is -5.68. The second-order valence-electron chi connectivity index (χ2n) is 8.19. The fourth-order valence-electron chi connectivity index (χ4n) is 3.80. The van der Waals surface area contributed by atoms with Crippen LogP contribution >= 0.6 is 0 Å². The molecule has 1 saturated heterocycles. The predicted molar refractivity (Wildman–Crippen MR) is 118 cm³/mol. The number of rotatable bonds is 5. The summed E-state index contributed by atoms with van der Waals surface area (Å²) in [5.41, 5.74) is -0.289. The quantitative estimate of drug-likeness (QED) is 0.517. The Kier molecular flexibility index (Phi) is 6.85. The molecule has 190 valence electrons. The molecular weight excluding hydrogens is 487 g/mol. The van der Waals surface area contributed by atoms with E-state index in [0.717, 1.165) is 17.0 Å². The van der Waals surface area contributed by atoms with Crippen molar-refractivity contribution in [3.63, 3.8) is 0 Å². The fourth-order valence-corrected chi connectivity index (χ4v) is 3.80. The van der Waals surface area contributed by atoms with E-state index in [9.17, 15) is 26.7 Å². The van der Waals surface area contributed by atoms with Gasteiger partial charge in [0.1, 0.15) is 18.1 Å². The van der Waals surface area contributed by atoms with Gasteiger partial charge in [0.25, 0.3) is 5.91 Å². The van der Waals surface area contributed by atoms with E-state index in [0.29, 0.717) is 11.9 Å². The van der Waals surface area contributed by atoms with Crippen LogP contribution in [0.1, 0.15) is 28.7 Å². The molecule has 1 fully saturated rings. The Morgan fingerprint density at radius 2 is 1.89 bits per heavy atom. The van der Waals surface area contributed by atoms with Crippen molar-refractivity contribution < 1.29 is 31.5 Å². The maximum atomic E-state index is 14.4. The Labute approximate surface area is 202 Å². The summed E-state index contributed by atoms with van der Waals surface area (Å²) >= 11 is 0. The molecule has 1 aliphatic heterocycles. The van der Waals surface area contributed by atoms with Gasteiger partial charge in [-0.15, -0.1) is 0 Å². The number of aromatic nitrogens is 4. The van der Waals surface area contributed by atoms with Gasteiger partial charge in [0.05, 0.1) is 23.3 Å². The van der Waals surface area contributed by atoms with Gasteiger partial charge in [0.15, 0.2) is 5.82 Å². The van der Waals surface area contributed by atoms with Crippen LogP contribution in [0.25, 0.3) is 11.4 Å². The van der Waals surface area contributed by atoms with Gasteiger partial charge in [0, 0.05) is 30.8 Å². The molecule has 4 heterocycles. The van der Waals surface area contributed by atoms with Crippen molar-refractivity contribution in [2.75, 3.05) is 18.4 Å². The molecule has 0 unspecified atom stereocenters. The van der Waals surface area contributed by atoms with Crippen molar-refractivity contribution >= 4 is 11.7 Å². The minimum atomic E-state index is -4.55. The molecule has 4 rings (SSSR count). The first kappa shape index (κ1) is 25.4. The van der Waals surface area contributed by atoms with Crippen molar-refractivity contribution in [1.29, 1.82) is 0 Å². The Balaban J connectivity index is 1.63. The maximum absolute atomic E-state index is 14.4. The van der Waals surface area contributed by atoms with Crippen molar-refractivity contribution in [2.45, 2.75) is 38.3 Å². The minimum absolute atomic E-state index is 0.0759. The zero-order chi connectivity index (χ0) is 26.1. The molecular formula is C23H21F5N6O2. The largest absolute Gasteiger partial charge is 0.417 e. The minimum Gasteiger partial charge on any atom is -0.368 e.